The van der Waals surface area contributed by atoms with Gasteiger partial charge in [-0.2, -0.15) is 0 Å². The zero-order valence-corrected chi connectivity index (χ0v) is 32.3. The Kier molecular flexibility index (Phi) is 8.41. The molecule has 0 radical (unpaired) electrons. The van der Waals surface area contributed by atoms with E-state index in [2.05, 4.69) is 212 Å². The Morgan fingerprint density at radius 3 is 1.32 bits per heavy atom. The maximum atomic E-state index is 5.14. The van der Waals surface area contributed by atoms with E-state index in [1.807, 2.05) is 18.2 Å². The van der Waals surface area contributed by atoms with E-state index in [-0.39, 0.29) is 0 Å². The summed E-state index contributed by atoms with van der Waals surface area (Å²) in [6.45, 7) is 0. The fourth-order valence-electron chi connectivity index (χ4n) is 9.26. The summed E-state index contributed by atoms with van der Waals surface area (Å²) in [7, 11) is 0. The van der Waals surface area contributed by atoms with Gasteiger partial charge < -0.3 is 0 Å². The van der Waals surface area contributed by atoms with Crippen molar-refractivity contribution in [2.75, 3.05) is 0 Å². The average molecular weight is 751 g/mol. The number of fused-ring (bicyclic) bond motifs is 4. The van der Waals surface area contributed by atoms with Crippen molar-refractivity contribution >= 4 is 10.9 Å². The molecule has 1 aliphatic rings. The van der Waals surface area contributed by atoms with Gasteiger partial charge in [0.25, 0.3) is 0 Å². The molecule has 1 heterocycles. The highest BCUT2D eigenvalue weighted by Crippen LogP contribution is 2.56. The monoisotopic (exact) mass is 750 g/mol. The average Bonchev–Trinajstić information content (AvgIpc) is 3.63. The number of hydrogen-bond acceptors (Lipinski definition) is 2. The first-order chi connectivity index (χ1) is 29.2. The van der Waals surface area contributed by atoms with Crippen molar-refractivity contribution in [2.24, 2.45) is 0 Å². The van der Waals surface area contributed by atoms with Crippen LogP contribution in [0.2, 0.25) is 0 Å². The number of aromatic nitrogens is 2. The van der Waals surface area contributed by atoms with Crippen LogP contribution in [0.4, 0.5) is 0 Å². The highest BCUT2D eigenvalue weighted by Gasteiger charge is 2.45. The van der Waals surface area contributed by atoms with Gasteiger partial charge in [-0.1, -0.05) is 200 Å². The van der Waals surface area contributed by atoms with E-state index in [1.54, 1.807) is 0 Å². The van der Waals surface area contributed by atoms with Crippen LogP contribution in [0.1, 0.15) is 22.3 Å². The lowest BCUT2D eigenvalue weighted by molar-refractivity contribution is 0.769. The molecule has 276 valence electrons. The van der Waals surface area contributed by atoms with Crippen LogP contribution in [-0.4, -0.2) is 9.97 Å². The molecular weight excluding hydrogens is 713 g/mol. The summed E-state index contributed by atoms with van der Waals surface area (Å²) in [5.74, 6) is 0.717. The van der Waals surface area contributed by atoms with E-state index in [0.29, 0.717) is 5.82 Å². The smallest absolute Gasteiger partial charge is 0.160 e. The SMILES string of the molecule is c1ccc(-c2nc(-c3cccc(-c4cccc(-c5cccc(-c6cccc(C7(c8ccccc8)c8ccccc8-c8ccccc87)c6)c5)c4)c3)nc3ccccc23)cc1. The van der Waals surface area contributed by atoms with Gasteiger partial charge in [-0.05, 0) is 97.1 Å². The molecule has 0 saturated carbocycles. The number of nitrogens with zero attached hydrogens (tertiary/aromatic N) is 2. The number of rotatable bonds is 7. The molecular formula is C57H38N2. The van der Waals surface area contributed by atoms with Crippen LogP contribution < -0.4 is 0 Å². The zero-order valence-electron chi connectivity index (χ0n) is 32.3. The van der Waals surface area contributed by atoms with Crippen LogP contribution in [0.5, 0.6) is 0 Å². The van der Waals surface area contributed by atoms with Crippen molar-refractivity contribution in [1.82, 2.24) is 9.97 Å². The van der Waals surface area contributed by atoms with Crippen LogP contribution in [0, 0.1) is 0 Å². The predicted molar refractivity (Wildman–Crippen MR) is 244 cm³/mol. The summed E-state index contributed by atoms with van der Waals surface area (Å²) in [4.78, 5) is 10.2. The highest BCUT2D eigenvalue weighted by molar-refractivity contribution is 5.94. The molecule has 10 aromatic rings. The molecule has 1 aromatic heterocycles. The van der Waals surface area contributed by atoms with Crippen LogP contribution >= 0.6 is 0 Å². The van der Waals surface area contributed by atoms with Crippen LogP contribution in [0.3, 0.4) is 0 Å². The second kappa shape index (κ2) is 14.4. The summed E-state index contributed by atoms with van der Waals surface area (Å²) in [5, 5.41) is 1.05. The van der Waals surface area contributed by atoms with E-state index in [1.165, 1.54) is 55.6 Å². The Bertz CT molecular complexity index is 3120. The van der Waals surface area contributed by atoms with Gasteiger partial charge in [-0.3, -0.25) is 0 Å². The summed E-state index contributed by atoms with van der Waals surface area (Å²) < 4.78 is 0. The molecule has 0 atom stereocenters. The molecule has 0 aliphatic heterocycles. The maximum Gasteiger partial charge on any atom is 0.160 e. The van der Waals surface area contributed by atoms with Crippen LogP contribution in [0.25, 0.3) is 78.1 Å². The minimum atomic E-state index is -0.439. The van der Waals surface area contributed by atoms with Crippen molar-refractivity contribution in [3.05, 3.63) is 253 Å². The number of para-hydroxylation sites is 1. The molecule has 2 nitrogen and oxygen atoms in total. The van der Waals surface area contributed by atoms with Gasteiger partial charge in [0.15, 0.2) is 5.82 Å². The Morgan fingerprint density at radius 1 is 0.288 bits per heavy atom. The lowest BCUT2D eigenvalue weighted by atomic mass is 9.67. The van der Waals surface area contributed by atoms with Gasteiger partial charge in [-0.25, -0.2) is 9.97 Å². The minimum Gasteiger partial charge on any atom is -0.228 e. The third kappa shape index (κ3) is 5.88. The van der Waals surface area contributed by atoms with Gasteiger partial charge >= 0.3 is 0 Å². The lowest BCUT2D eigenvalue weighted by Crippen LogP contribution is -2.28. The first-order valence-electron chi connectivity index (χ1n) is 20.2. The van der Waals surface area contributed by atoms with E-state index in [9.17, 15) is 0 Å². The summed E-state index contributed by atoms with van der Waals surface area (Å²) in [5.41, 5.74) is 18.2. The molecule has 11 rings (SSSR count). The molecule has 0 spiro atoms. The van der Waals surface area contributed by atoms with Crippen LogP contribution in [0.15, 0.2) is 231 Å². The molecule has 0 bridgehead atoms. The Morgan fingerprint density at radius 2 is 0.712 bits per heavy atom. The van der Waals surface area contributed by atoms with Crippen molar-refractivity contribution < 1.29 is 0 Å². The van der Waals surface area contributed by atoms with E-state index in [0.717, 1.165) is 38.9 Å². The second-order valence-electron chi connectivity index (χ2n) is 15.3. The van der Waals surface area contributed by atoms with Crippen molar-refractivity contribution in [3.8, 4) is 67.2 Å². The molecule has 9 aromatic carbocycles. The van der Waals surface area contributed by atoms with Gasteiger partial charge in [0.1, 0.15) is 0 Å². The normalized spacial score (nSPS) is 12.5. The number of hydrogen-bond donors (Lipinski definition) is 0. The Balaban J connectivity index is 0.967. The van der Waals surface area contributed by atoms with Gasteiger partial charge in [-0.15, -0.1) is 0 Å². The van der Waals surface area contributed by atoms with E-state index < -0.39 is 5.41 Å². The number of benzene rings is 9. The van der Waals surface area contributed by atoms with Crippen LogP contribution in [-0.2, 0) is 5.41 Å². The highest BCUT2D eigenvalue weighted by atomic mass is 14.9. The van der Waals surface area contributed by atoms with Crippen molar-refractivity contribution in [1.29, 1.82) is 0 Å². The largest absolute Gasteiger partial charge is 0.228 e. The molecule has 2 heteroatoms. The topological polar surface area (TPSA) is 25.8 Å². The van der Waals surface area contributed by atoms with E-state index in [4.69, 9.17) is 9.97 Å². The standard InChI is InChI=1S/C57H38N2/c1-3-17-39(18-4-1)55-51-31-9-12-34-54(51)58-56(59-55)46-25-15-23-44(37-46)42-21-13-19-40(35-42)41-20-14-22-43(36-41)45-24-16-28-48(38-45)57(47-26-5-2-6-27-47)52-32-10-7-29-49(52)50-30-8-11-33-53(50)57/h1-38H. The molecule has 0 N–H and O–H groups in total. The summed E-state index contributed by atoms with van der Waals surface area (Å²) >= 11 is 0. The molecule has 0 saturated heterocycles. The quantitative estimate of drug-likeness (QED) is 0.162. The molecule has 0 unspecified atom stereocenters. The fraction of sp³-hybridized carbons (Fsp3) is 0.0175. The zero-order chi connectivity index (χ0) is 39.2. The predicted octanol–water partition coefficient (Wildman–Crippen LogP) is 14.3. The molecule has 0 amide bonds. The van der Waals surface area contributed by atoms with Gasteiger partial charge in [0.2, 0.25) is 0 Å². The third-order valence-electron chi connectivity index (χ3n) is 12.0. The Hall–Kier alpha value is -7.68. The Labute approximate surface area is 344 Å². The molecule has 1 aliphatic carbocycles. The van der Waals surface area contributed by atoms with Gasteiger partial charge in [0.05, 0.1) is 16.6 Å². The minimum absolute atomic E-state index is 0.439. The maximum absolute atomic E-state index is 5.14. The first kappa shape index (κ1) is 34.6. The summed E-state index contributed by atoms with van der Waals surface area (Å²) in [6, 6.07) is 83.1. The second-order valence-corrected chi connectivity index (χ2v) is 15.3. The molecule has 0 fully saturated rings. The van der Waals surface area contributed by atoms with E-state index >= 15 is 0 Å². The summed E-state index contributed by atoms with van der Waals surface area (Å²) in [6.07, 6.45) is 0. The van der Waals surface area contributed by atoms with Gasteiger partial charge in [0, 0.05) is 16.5 Å². The first-order valence-corrected chi connectivity index (χ1v) is 20.2. The lowest BCUT2D eigenvalue weighted by Gasteiger charge is -2.34. The molecule has 59 heavy (non-hydrogen) atoms. The third-order valence-corrected chi connectivity index (χ3v) is 12.0. The fourth-order valence-corrected chi connectivity index (χ4v) is 9.26. The van der Waals surface area contributed by atoms with Crippen molar-refractivity contribution in [2.45, 2.75) is 5.41 Å². The van der Waals surface area contributed by atoms with Crippen molar-refractivity contribution in [3.63, 3.8) is 0 Å².